The smallest absolute Gasteiger partial charge is 0.0755 e. The van der Waals surface area contributed by atoms with Crippen LogP contribution in [0.4, 0.5) is 0 Å². The van der Waals surface area contributed by atoms with E-state index in [1.807, 2.05) is 18.3 Å². The molecule has 2 aromatic rings. The Bertz CT molecular complexity index is 510. The van der Waals surface area contributed by atoms with Gasteiger partial charge in [0.15, 0.2) is 0 Å². The topological polar surface area (TPSA) is 37.0 Å². The molecule has 1 aliphatic rings. The average molecular weight is 239 g/mol. The van der Waals surface area contributed by atoms with Gasteiger partial charge in [-0.15, -0.1) is 0 Å². The molecule has 0 saturated carbocycles. The first-order chi connectivity index (χ1) is 8.95. The fourth-order valence-electron chi connectivity index (χ4n) is 2.43. The van der Waals surface area contributed by atoms with Crippen LogP contribution in [0.2, 0.25) is 0 Å². The van der Waals surface area contributed by atoms with Crippen LogP contribution in [0.25, 0.3) is 0 Å². The molecular weight excluding hydrogens is 222 g/mol. The molecule has 1 aromatic carbocycles. The molecule has 1 aromatic heterocycles. The van der Waals surface area contributed by atoms with Crippen LogP contribution in [-0.4, -0.2) is 18.1 Å². The average Bonchev–Trinajstić information content (AvgIpc) is 2.41. The number of nitrogens with zero attached hydrogens (tertiary/aromatic N) is 1. The van der Waals surface area contributed by atoms with Crippen LogP contribution in [0.5, 0.6) is 0 Å². The van der Waals surface area contributed by atoms with Gasteiger partial charge in [0.1, 0.15) is 0 Å². The normalized spacial score (nSPS) is 19.7. The second-order valence-corrected chi connectivity index (χ2v) is 4.52. The molecule has 0 amide bonds. The molecule has 1 aliphatic heterocycles. The maximum atomic E-state index is 4.49. The highest BCUT2D eigenvalue weighted by Gasteiger charge is 2.18. The van der Waals surface area contributed by atoms with Crippen molar-refractivity contribution in [3.8, 4) is 0 Å². The first-order valence-corrected chi connectivity index (χ1v) is 6.38. The summed E-state index contributed by atoms with van der Waals surface area (Å²) >= 11 is 0. The van der Waals surface area contributed by atoms with Gasteiger partial charge in [-0.2, -0.15) is 0 Å². The summed E-state index contributed by atoms with van der Waals surface area (Å²) in [5.41, 5.74) is 3.76. The second-order valence-electron chi connectivity index (χ2n) is 4.52. The maximum absolute atomic E-state index is 4.49. The van der Waals surface area contributed by atoms with Gasteiger partial charge < -0.3 is 10.6 Å². The summed E-state index contributed by atoms with van der Waals surface area (Å²) in [7, 11) is 0. The zero-order chi connectivity index (χ0) is 12.2. The quantitative estimate of drug-likeness (QED) is 0.797. The SMILES string of the molecule is c1ccc(C2NCCNCc3ccccc32)nc1. The van der Waals surface area contributed by atoms with Crippen molar-refractivity contribution in [1.29, 1.82) is 0 Å². The van der Waals surface area contributed by atoms with Gasteiger partial charge in [0.05, 0.1) is 11.7 Å². The number of nitrogens with one attached hydrogen (secondary N) is 2. The maximum Gasteiger partial charge on any atom is 0.0755 e. The van der Waals surface area contributed by atoms with E-state index in [0.717, 1.165) is 25.3 Å². The highest BCUT2D eigenvalue weighted by molar-refractivity contribution is 5.35. The Hall–Kier alpha value is -1.71. The van der Waals surface area contributed by atoms with Gasteiger partial charge >= 0.3 is 0 Å². The molecule has 92 valence electrons. The zero-order valence-electron chi connectivity index (χ0n) is 10.3. The number of hydrogen-bond acceptors (Lipinski definition) is 3. The molecule has 1 unspecified atom stereocenters. The predicted octanol–water partition coefficient (Wildman–Crippen LogP) is 1.86. The monoisotopic (exact) mass is 239 g/mol. The van der Waals surface area contributed by atoms with Gasteiger partial charge in [-0.25, -0.2) is 0 Å². The first kappa shape index (κ1) is 11.4. The molecule has 2 N–H and O–H groups in total. The van der Waals surface area contributed by atoms with E-state index >= 15 is 0 Å². The van der Waals surface area contributed by atoms with E-state index in [9.17, 15) is 0 Å². The number of rotatable bonds is 1. The Balaban J connectivity index is 2.04. The van der Waals surface area contributed by atoms with Crippen LogP contribution in [0.15, 0.2) is 48.7 Å². The fraction of sp³-hybridized carbons (Fsp3) is 0.267. The van der Waals surface area contributed by atoms with Crippen molar-refractivity contribution in [2.75, 3.05) is 13.1 Å². The molecule has 3 nitrogen and oxygen atoms in total. The van der Waals surface area contributed by atoms with Crippen molar-refractivity contribution >= 4 is 0 Å². The van der Waals surface area contributed by atoms with E-state index in [1.165, 1.54) is 11.1 Å². The number of hydrogen-bond donors (Lipinski definition) is 2. The van der Waals surface area contributed by atoms with E-state index in [1.54, 1.807) is 0 Å². The Kier molecular flexibility index (Phi) is 3.35. The van der Waals surface area contributed by atoms with Crippen LogP contribution >= 0.6 is 0 Å². The van der Waals surface area contributed by atoms with Crippen molar-refractivity contribution in [2.24, 2.45) is 0 Å². The first-order valence-electron chi connectivity index (χ1n) is 6.38. The lowest BCUT2D eigenvalue weighted by atomic mass is 9.96. The second kappa shape index (κ2) is 5.29. The number of aromatic nitrogens is 1. The van der Waals surface area contributed by atoms with Gasteiger partial charge in [0, 0.05) is 25.8 Å². The summed E-state index contributed by atoms with van der Waals surface area (Å²) in [6, 6.07) is 14.9. The highest BCUT2D eigenvalue weighted by Crippen LogP contribution is 2.24. The third-order valence-electron chi connectivity index (χ3n) is 3.32. The largest absolute Gasteiger partial charge is 0.311 e. The van der Waals surface area contributed by atoms with Crippen molar-refractivity contribution in [1.82, 2.24) is 15.6 Å². The van der Waals surface area contributed by atoms with Gasteiger partial charge in [0.2, 0.25) is 0 Å². The van der Waals surface area contributed by atoms with Crippen molar-refractivity contribution < 1.29 is 0 Å². The Morgan fingerprint density at radius 1 is 1.00 bits per heavy atom. The molecule has 18 heavy (non-hydrogen) atoms. The van der Waals surface area contributed by atoms with Crippen molar-refractivity contribution in [3.05, 3.63) is 65.5 Å². The number of fused-ring (bicyclic) bond motifs is 1. The van der Waals surface area contributed by atoms with Crippen LogP contribution in [0, 0.1) is 0 Å². The van der Waals surface area contributed by atoms with Gasteiger partial charge in [-0.05, 0) is 23.3 Å². The number of pyridine rings is 1. The van der Waals surface area contributed by atoms with E-state index < -0.39 is 0 Å². The van der Waals surface area contributed by atoms with Crippen molar-refractivity contribution in [2.45, 2.75) is 12.6 Å². The summed E-state index contributed by atoms with van der Waals surface area (Å²) in [5.74, 6) is 0. The van der Waals surface area contributed by atoms with Gasteiger partial charge in [-0.3, -0.25) is 4.98 Å². The van der Waals surface area contributed by atoms with Crippen LogP contribution in [0.3, 0.4) is 0 Å². The van der Waals surface area contributed by atoms with E-state index in [2.05, 4.69) is 45.9 Å². The molecule has 0 aliphatic carbocycles. The van der Waals surface area contributed by atoms with E-state index in [-0.39, 0.29) is 6.04 Å². The van der Waals surface area contributed by atoms with E-state index in [0.29, 0.717) is 0 Å². The molecule has 0 fully saturated rings. The summed E-state index contributed by atoms with van der Waals surface area (Å²) in [4.78, 5) is 4.49. The van der Waals surface area contributed by atoms with Crippen LogP contribution in [0.1, 0.15) is 22.9 Å². The molecule has 0 spiro atoms. The van der Waals surface area contributed by atoms with Gasteiger partial charge in [-0.1, -0.05) is 30.3 Å². The van der Waals surface area contributed by atoms with Crippen LogP contribution in [-0.2, 0) is 6.54 Å². The third-order valence-corrected chi connectivity index (χ3v) is 3.32. The Morgan fingerprint density at radius 3 is 2.78 bits per heavy atom. The molecule has 0 saturated heterocycles. The molecular formula is C15H17N3. The fourth-order valence-corrected chi connectivity index (χ4v) is 2.43. The molecule has 1 atom stereocenters. The predicted molar refractivity (Wildman–Crippen MR) is 72.2 cm³/mol. The lowest BCUT2D eigenvalue weighted by Gasteiger charge is -2.24. The standard InChI is InChI=1S/C15H17N3/c1-2-6-13-12(5-1)11-16-9-10-18-15(13)14-7-3-4-8-17-14/h1-8,15-16,18H,9-11H2. The minimum absolute atomic E-state index is 0.199. The minimum atomic E-state index is 0.199. The van der Waals surface area contributed by atoms with Gasteiger partial charge in [0.25, 0.3) is 0 Å². The molecule has 3 rings (SSSR count). The highest BCUT2D eigenvalue weighted by atomic mass is 15.0. The Labute approximate surface area is 107 Å². The molecule has 0 radical (unpaired) electrons. The summed E-state index contributed by atoms with van der Waals surface area (Å²) in [6.45, 7) is 2.87. The zero-order valence-corrected chi connectivity index (χ0v) is 10.3. The van der Waals surface area contributed by atoms with E-state index in [4.69, 9.17) is 0 Å². The van der Waals surface area contributed by atoms with Crippen LogP contribution < -0.4 is 10.6 Å². The van der Waals surface area contributed by atoms with Crippen molar-refractivity contribution in [3.63, 3.8) is 0 Å². The third kappa shape index (κ3) is 2.28. The number of benzene rings is 1. The lowest BCUT2D eigenvalue weighted by Crippen LogP contribution is -2.34. The Morgan fingerprint density at radius 2 is 1.89 bits per heavy atom. The molecule has 3 heteroatoms. The lowest BCUT2D eigenvalue weighted by molar-refractivity contribution is 0.531. The summed E-state index contributed by atoms with van der Waals surface area (Å²) in [6.07, 6.45) is 1.86. The summed E-state index contributed by atoms with van der Waals surface area (Å²) in [5, 5.41) is 7.00. The minimum Gasteiger partial charge on any atom is -0.311 e. The molecule has 0 bridgehead atoms. The summed E-state index contributed by atoms with van der Waals surface area (Å²) < 4.78 is 0. The molecule has 2 heterocycles.